The van der Waals surface area contributed by atoms with E-state index in [2.05, 4.69) is 14.9 Å². The fourth-order valence-corrected chi connectivity index (χ4v) is 4.02. The molecule has 8 heteroatoms. The van der Waals surface area contributed by atoms with Gasteiger partial charge in [0.25, 0.3) is 5.91 Å². The SMILES string of the molecule is O=C(c1ccccc1-c1ncc(-c2ccccc2F)o1)N1CCN(c2ccc(Cl)cn2)CC1. The van der Waals surface area contributed by atoms with Crippen LogP contribution < -0.4 is 4.90 Å². The van der Waals surface area contributed by atoms with E-state index in [0.717, 1.165) is 5.82 Å². The van der Waals surface area contributed by atoms with Gasteiger partial charge in [-0.1, -0.05) is 35.9 Å². The maximum Gasteiger partial charge on any atom is 0.254 e. The Morgan fingerprint density at radius 1 is 0.879 bits per heavy atom. The molecule has 0 atom stereocenters. The van der Waals surface area contributed by atoms with E-state index in [-0.39, 0.29) is 11.8 Å². The number of amides is 1. The van der Waals surface area contributed by atoms with Gasteiger partial charge in [0.1, 0.15) is 11.6 Å². The van der Waals surface area contributed by atoms with Crippen LogP contribution in [0.15, 0.2) is 77.5 Å². The molecule has 0 spiro atoms. The summed E-state index contributed by atoms with van der Waals surface area (Å²) < 4.78 is 20.0. The number of carbonyl (C=O) groups excluding carboxylic acids is 1. The fraction of sp³-hybridized carbons (Fsp3) is 0.160. The number of oxazole rings is 1. The quantitative estimate of drug-likeness (QED) is 0.419. The maximum atomic E-state index is 14.1. The zero-order valence-electron chi connectivity index (χ0n) is 17.6. The molecule has 166 valence electrons. The molecular weight excluding hydrogens is 443 g/mol. The van der Waals surface area contributed by atoms with E-state index >= 15 is 0 Å². The molecule has 3 heterocycles. The highest BCUT2D eigenvalue weighted by Gasteiger charge is 2.26. The summed E-state index contributed by atoms with van der Waals surface area (Å²) in [5.74, 6) is 0.945. The Bertz CT molecular complexity index is 1280. The topological polar surface area (TPSA) is 62.5 Å². The molecule has 1 fully saturated rings. The molecule has 0 saturated carbocycles. The van der Waals surface area contributed by atoms with Crippen molar-refractivity contribution in [2.45, 2.75) is 0 Å². The average molecular weight is 463 g/mol. The van der Waals surface area contributed by atoms with Crippen molar-refractivity contribution >= 4 is 23.3 Å². The number of halogens is 2. The van der Waals surface area contributed by atoms with E-state index in [9.17, 15) is 9.18 Å². The molecule has 0 bridgehead atoms. The summed E-state index contributed by atoms with van der Waals surface area (Å²) in [5, 5.41) is 0.592. The fourth-order valence-electron chi connectivity index (χ4n) is 3.90. The van der Waals surface area contributed by atoms with Gasteiger partial charge in [-0.25, -0.2) is 14.4 Å². The summed E-state index contributed by atoms with van der Waals surface area (Å²) in [6.45, 7) is 2.45. The van der Waals surface area contributed by atoms with Crippen LogP contribution in [-0.4, -0.2) is 47.0 Å². The van der Waals surface area contributed by atoms with Gasteiger partial charge >= 0.3 is 0 Å². The van der Waals surface area contributed by atoms with Crippen LogP contribution in [0, 0.1) is 5.82 Å². The van der Waals surface area contributed by atoms with Gasteiger partial charge in [0.15, 0.2) is 5.76 Å². The van der Waals surface area contributed by atoms with Gasteiger partial charge in [-0.3, -0.25) is 4.79 Å². The van der Waals surface area contributed by atoms with E-state index in [0.29, 0.717) is 53.7 Å². The molecule has 6 nitrogen and oxygen atoms in total. The molecule has 0 aliphatic carbocycles. The molecule has 1 saturated heterocycles. The molecule has 2 aromatic heterocycles. The lowest BCUT2D eigenvalue weighted by molar-refractivity contribution is 0.0747. The molecular formula is C25H20ClFN4O2. The number of hydrogen-bond acceptors (Lipinski definition) is 5. The van der Waals surface area contributed by atoms with E-state index < -0.39 is 5.82 Å². The molecule has 5 rings (SSSR count). The van der Waals surface area contributed by atoms with E-state index in [1.807, 2.05) is 29.2 Å². The molecule has 0 N–H and O–H groups in total. The van der Waals surface area contributed by atoms with Gasteiger partial charge < -0.3 is 14.2 Å². The highest BCUT2D eigenvalue weighted by atomic mass is 35.5. The summed E-state index contributed by atoms with van der Waals surface area (Å²) in [7, 11) is 0. The Labute approximate surface area is 195 Å². The van der Waals surface area contributed by atoms with Gasteiger partial charge in [-0.05, 0) is 36.4 Å². The number of pyridine rings is 1. The van der Waals surface area contributed by atoms with Gasteiger partial charge in [-0.15, -0.1) is 0 Å². The van der Waals surface area contributed by atoms with Crippen molar-refractivity contribution in [1.29, 1.82) is 0 Å². The normalized spacial score (nSPS) is 13.9. The van der Waals surface area contributed by atoms with Crippen LogP contribution in [0.4, 0.5) is 10.2 Å². The number of rotatable bonds is 4. The third kappa shape index (κ3) is 4.32. The molecule has 1 aliphatic heterocycles. The first kappa shape index (κ1) is 21.2. The molecule has 2 aromatic carbocycles. The van der Waals surface area contributed by atoms with Crippen LogP contribution in [0.3, 0.4) is 0 Å². The van der Waals surface area contributed by atoms with Crippen LogP contribution in [0.2, 0.25) is 5.02 Å². The highest BCUT2D eigenvalue weighted by Crippen LogP contribution is 2.30. The summed E-state index contributed by atoms with van der Waals surface area (Å²) in [6.07, 6.45) is 3.10. The Morgan fingerprint density at radius 2 is 1.61 bits per heavy atom. The monoisotopic (exact) mass is 462 g/mol. The minimum absolute atomic E-state index is 0.0973. The average Bonchev–Trinajstić information content (AvgIpc) is 3.34. The number of piperazine rings is 1. The number of anilines is 1. The summed E-state index contributed by atoms with van der Waals surface area (Å²) in [4.78, 5) is 26.0. The van der Waals surface area contributed by atoms with Crippen LogP contribution in [0.25, 0.3) is 22.8 Å². The van der Waals surface area contributed by atoms with Gasteiger partial charge in [0.05, 0.1) is 22.3 Å². The van der Waals surface area contributed by atoms with Crippen molar-refractivity contribution in [3.63, 3.8) is 0 Å². The Hall–Kier alpha value is -3.71. The maximum absolute atomic E-state index is 14.1. The van der Waals surface area contributed by atoms with Crippen molar-refractivity contribution in [2.75, 3.05) is 31.1 Å². The van der Waals surface area contributed by atoms with Gasteiger partial charge in [0.2, 0.25) is 5.89 Å². The third-order valence-electron chi connectivity index (χ3n) is 5.64. The third-order valence-corrected chi connectivity index (χ3v) is 5.86. The van der Waals surface area contributed by atoms with Gasteiger partial charge in [-0.2, -0.15) is 0 Å². The summed E-state index contributed by atoms with van der Waals surface area (Å²) in [6, 6.07) is 17.2. The van der Waals surface area contributed by atoms with Crippen molar-refractivity contribution < 1.29 is 13.6 Å². The van der Waals surface area contributed by atoms with Gasteiger partial charge in [0, 0.05) is 37.9 Å². The minimum atomic E-state index is -0.391. The summed E-state index contributed by atoms with van der Waals surface area (Å²) >= 11 is 5.93. The number of aromatic nitrogens is 2. The second-order valence-corrected chi connectivity index (χ2v) is 8.11. The lowest BCUT2D eigenvalue weighted by Gasteiger charge is -2.35. The first-order chi connectivity index (χ1) is 16.1. The second-order valence-electron chi connectivity index (χ2n) is 7.67. The first-order valence-corrected chi connectivity index (χ1v) is 10.9. The predicted octanol–water partition coefficient (Wildman–Crippen LogP) is 5.16. The largest absolute Gasteiger partial charge is 0.436 e. The lowest BCUT2D eigenvalue weighted by atomic mass is 10.1. The molecule has 4 aromatic rings. The second kappa shape index (κ2) is 9.03. The number of hydrogen-bond donors (Lipinski definition) is 0. The van der Waals surface area contributed by atoms with Crippen molar-refractivity contribution in [3.05, 3.63) is 89.5 Å². The predicted molar refractivity (Wildman–Crippen MR) is 125 cm³/mol. The lowest BCUT2D eigenvalue weighted by Crippen LogP contribution is -2.49. The van der Waals surface area contributed by atoms with E-state index in [4.69, 9.17) is 16.0 Å². The molecule has 1 aliphatic rings. The number of carbonyl (C=O) groups is 1. The van der Waals surface area contributed by atoms with Crippen LogP contribution in [0.5, 0.6) is 0 Å². The first-order valence-electron chi connectivity index (χ1n) is 10.6. The van der Waals surface area contributed by atoms with Crippen LogP contribution in [0.1, 0.15) is 10.4 Å². The highest BCUT2D eigenvalue weighted by molar-refractivity contribution is 6.30. The standard InChI is InChI=1S/C25H20ClFN4O2/c26-17-9-10-23(28-15-17)30-11-13-31(14-12-30)25(32)19-6-2-1-5-18(19)24-29-16-22(33-24)20-7-3-4-8-21(20)27/h1-10,15-16H,11-14H2. The zero-order valence-corrected chi connectivity index (χ0v) is 18.4. The van der Waals surface area contributed by atoms with Crippen LogP contribution >= 0.6 is 11.6 Å². The van der Waals surface area contributed by atoms with Crippen LogP contribution in [-0.2, 0) is 0 Å². The molecule has 1 amide bonds. The molecule has 0 radical (unpaired) electrons. The van der Waals surface area contributed by atoms with E-state index in [1.54, 1.807) is 36.5 Å². The van der Waals surface area contributed by atoms with Crippen molar-refractivity contribution in [3.8, 4) is 22.8 Å². The Balaban J connectivity index is 1.35. The Morgan fingerprint density at radius 3 is 2.33 bits per heavy atom. The van der Waals surface area contributed by atoms with E-state index in [1.165, 1.54) is 12.3 Å². The Kier molecular flexibility index (Phi) is 5.79. The summed E-state index contributed by atoms with van der Waals surface area (Å²) in [5.41, 5.74) is 1.40. The number of nitrogens with zero attached hydrogens (tertiary/aromatic N) is 4. The zero-order chi connectivity index (χ0) is 22.8. The smallest absolute Gasteiger partial charge is 0.254 e. The number of benzene rings is 2. The molecule has 33 heavy (non-hydrogen) atoms. The minimum Gasteiger partial charge on any atom is -0.436 e. The van der Waals surface area contributed by atoms with Crippen molar-refractivity contribution in [1.82, 2.24) is 14.9 Å². The molecule has 0 unspecified atom stereocenters. The van der Waals surface area contributed by atoms with Crippen molar-refractivity contribution in [2.24, 2.45) is 0 Å².